The summed E-state index contributed by atoms with van der Waals surface area (Å²) < 4.78 is 6.73. The fourth-order valence-electron chi connectivity index (χ4n) is 1.73. The van der Waals surface area contributed by atoms with E-state index in [0.717, 1.165) is 11.4 Å². The predicted octanol–water partition coefficient (Wildman–Crippen LogP) is 2.87. The molecule has 0 saturated carbocycles. The summed E-state index contributed by atoms with van der Waals surface area (Å²) in [5.41, 5.74) is 3.41. The Morgan fingerprint density at radius 1 is 1.32 bits per heavy atom. The molecule has 0 atom stereocenters. The number of carbonyl (C=O) groups excluding carboxylic acids is 1. The summed E-state index contributed by atoms with van der Waals surface area (Å²) in [7, 11) is 3.35. The lowest BCUT2D eigenvalue weighted by atomic mass is 10.2. The quantitative estimate of drug-likeness (QED) is 0.626. The first-order chi connectivity index (χ1) is 9.11. The molecule has 0 fully saturated rings. The van der Waals surface area contributed by atoms with Crippen molar-refractivity contribution < 1.29 is 9.53 Å². The Kier molecular flexibility index (Phi) is 3.80. The summed E-state index contributed by atoms with van der Waals surface area (Å²) >= 11 is 0. The Hall–Kier alpha value is -2.36. The van der Waals surface area contributed by atoms with E-state index in [4.69, 9.17) is 0 Å². The highest BCUT2D eigenvalue weighted by Gasteiger charge is 2.04. The minimum Gasteiger partial charge on any atom is -0.465 e. The number of nitrogens with zero attached hydrogens (tertiary/aromatic N) is 2. The molecule has 0 radical (unpaired) electrons. The van der Waals surface area contributed by atoms with Gasteiger partial charge in [-0.1, -0.05) is 6.07 Å². The zero-order chi connectivity index (χ0) is 13.8. The number of esters is 1. The Labute approximate surface area is 112 Å². The van der Waals surface area contributed by atoms with Crippen molar-refractivity contribution in [3.63, 3.8) is 0 Å². The molecular weight excluding hydrogens is 240 g/mol. The number of aromatic nitrogens is 1. The molecule has 4 heteroatoms. The van der Waals surface area contributed by atoms with Gasteiger partial charge in [-0.05, 0) is 37.3 Å². The van der Waals surface area contributed by atoms with E-state index in [1.165, 1.54) is 12.8 Å². The van der Waals surface area contributed by atoms with Crippen LogP contribution in [0.25, 0.3) is 0 Å². The van der Waals surface area contributed by atoms with Crippen molar-refractivity contribution in [2.45, 2.75) is 6.92 Å². The van der Waals surface area contributed by atoms with E-state index in [1.54, 1.807) is 24.4 Å². The van der Waals surface area contributed by atoms with Crippen LogP contribution in [0.15, 0.2) is 41.4 Å². The molecular formula is C15H16N2O2. The topological polar surface area (TPSA) is 43.6 Å². The highest BCUT2D eigenvalue weighted by molar-refractivity contribution is 5.90. The number of rotatable bonds is 3. The van der Waals surface area contributed by atoms with Crippen molar-refractivity contribution in [2.75, 3.05) is 7.11 Å². The van der Waals surface area contributed by atoms with Crippen molar-refractivity contribution in [3.05, 3.63) is 53.3 Å². The van der Waals surface area contributed by atoms with Gasteiger partial charge in [-0.2, -0.15) is 0 Å². The highest BCUT2D eigenvalue weighted by atomic mass is 16.5. The van der Waals surface area contributed by atoms with Gasteiger partial charge in [0.1, 0.15) is 0 Å². The molecule has 0 unspecified atom stereocenters. The van der Waals surface area contributed by atoms with Crippen LogP contribution in [-0.2, 0) is 11.8 Å². The van der Waals surface area contributed by atoms with E-state index >= 15 is 0 Å². The monoisotopic (exact) mass is 256 g/mol. The summed E-state index contributed by atoms with van der Waals surface area (Å²) in [5, 5.41) is 0. The average Bonchev–Trinajstić information content (AvgIpc) is 2.76. The Bertz CT molecular complexity index is 627. The van der Waals surface area contributed by atoms with E-state index in [9.17, 15) is 4.79 Å². The van der Waals surface area contributed by atoms with Crippen molar-refractivity contribution in [1.82, 2.24) is 4.57 Å². The summed E-state index contributed by atoms with van der Waals surface area (Å²) in [6.07, 6.45) is 1.78. The molecule has 1 heterocycles. The van der Waals surface area contributed by atoms with Crippen LogP contribution in [0.3, 0.4) is 0 Å². The van der Waals surface area contributed by atoms with Crippen molar-refractivity contribution in [2.24, 2.45) is 12.0 Å². The molecule has 0 bridgehead atoms. The first kappa shape index (κ1) is 13.1. The molecule has 0 N–H and O–H groups in total. The number of ether oxygens (including phenoxy) is 1. The Morgan fingerprint density at radius 2 is 2.11 bits per heavy atom. The predicted molar refractivity (Wildman–Crippen MR) is 75.2 cm³/mol. The minimum atomic E-state index is -0.355. The van der Waals surface area contributed by atoms with Crippen molar-refractivity contribution in [1.29, 1.82) is 0 Å². The summed E-state index contributed by atoms with van der Waals surface area (Å²) in [6.45, 7) is 2.04. The van der Waals surface area contributed by atoms with Gasteiger partial charge in [0, 0.05) is 12.7 Å². The molecule has 0 aliphatic rings. The third kappa shape index (κ3) is 2.91. The van der Waals surface area contributed by atoms with Gasteiger partial charge < -0.3 is 9.30 Å². The maximum Gasteiger partial charge on any atom is 0.337 e. The zero-order valence-corrected chi connectivity index (χ0v) is 11.3. The molecule has 4 nitrogen and oxygen atoms in total. The van der Waals surface area contributed by atoms with E-state index in [1.807, 2.05) is 36.7 Å². The Balaban J connectivity index is 2.24. The molecule has 0 aliphatic carbocycles. The minimum absolute atomic E-state index is 0.355. The third-order valence-corrected chi connectivity index (χ3v) is 3.02. The molecule has 0 saturated heterocycles. The van der Waals surface area contributed by atoms with E-state index in [-0.39, 0.29) is 5.97 Å². The molecule has 0 amide bonds. The number of carbonyl (C=O) groups is 1. The molecule has 2 aromatic rings. The summed E-state index contributed by atoms with van der Waals surface area (Å²) in [4.78, 5) is 15.8. The SMILES string of the molecule is COC(=O)c1cccc(N=Cc2ccc(C)n2C)c1. The fourth-order valence-corrected chi connectivity index (χ4v) is 1.73. The number of hydrogen-bond donors (Lipinski definition) is 0. The molecule has 0 spiro atoms. The van der Waals surface area contributed by atoms with Gasteiger partial charge in [0.05, 0.1) is 30.3 Å². The lowest BCUT2D eigenvalue weighted by Gasteiger charge is -2.01. The lowest BCUT2D eigenvalue weighted by Crippen LogP contribution is -2.00. The standard InChI is InChI=1S/C15H16N2O2/c1-11-7-8-14(17(11)2)10-16-13-6-4-5-12(9-13)15(18)19-3/h4-10H,1-3H3. The molecule has 98 valence electrons. The van der Waals surface area contributed by atoms with Gasteiger partial charge in [0.2, 0.25) is 0 Å². The first-order valence-corrected chi connectivity index (χ1v) is 5.96. The van der Waals surface area contributed by atoms with Crippen LogP contribution in [0.2, 0.25) is 0 Å². The summed E-state index contributed by atoms with van der Waals surface area (Å²) in [5.74, 6) is -0.355. The lowest BCUT2D eigenvalue weighted by molar-refractivity contribution is 0.0601. The normalized spacial score (nSPS) is 10.9. The molecule has 0 aliphatic heterocycles. The van der Waals surface area contributed by atoms with Crippen LogP contribution in [-0.4, -0.2) is 23.9 Å². The van der Waals surface area contributed by atoms with Crippen LogP contribution in [0.5, 0.6) is 0 Å². The van der Waals surface area contributed by atoms with E-state index in [2.05, 4.69) is 9.73 Å². The number of aliphatic imine (C=N–C) groups is 1. The van der Waals surface area contributed by atoms with Crippen LogP contribution in [0.4, 0.5) is 5.69 Å². The van der Waals surface area contributed by atoms with Gasteiger partial charge in [-0.15, -0.1) is 0 Å². The third-order valence-electron chi connectivity index (χ3n) is 3.02. The van der Waals surface area contributed by atoms with Crippen molar-refractivity contribution in [3.8, 4) is 0 Å². The van der Waals surface area contributed by atoms with Crippen molar-refractivity contribution >= 4 is 17.9 Å². The van der Waals surface area contributed by atoms with Crippen LogP contribution in [0, 0.1) is 6.92 Å². The molecule has 19 heavy (non-hydrogen) atoms. The number of methoxy groups -OCH3 is 1. The number of aryl methyl sites for hydroxylation is 1. The largest absolute Gasteiger partial charge is 0.465 e. The molecule has 1 aromatic carbocycles. The van der Waals surface area contributed by atoms with E-state index in [0.29, 0.717) is 5.56 Å². The van der Waals surface area contributed by atoms with Gasteiger partial charge in [0.15, 0.2) is 0 Å². The first-order valence-electron chi connectivity index (χ1n) is 5.96. The highest BCUT2D eigenvalue weighted by Crippen LogP contribution is 2.15. The van der Waals surface area contributed by atoms with Gasteiger partial charge >= 0.3 is 5.97 Å². The number of benzene rings is 1. The van der Waals surface area contributed by atoms with Gasteiger partial charge in [0.25, 0.3) is 0 Å². The second kappa shape index (κ2) is 5.52. The smallest absolute Gasteiger partial charge is 0.337 e. The van der Waals surface area contributed by atoms with Crippen LogP contribution >= 0.6 is 0 Å². The van der Waals surface area contributed by atoms with E-state index < -0.39 is 0 Å². The van der Waals surface area contributed by atoms with Gasteiger partial charge in [-0.25, -0.2) is 4.79 Å². The molecule has 1 aromatic heterocycles. The maximum atomic E-state index is 11.4. The molecule has 2 rings (SSSR count). The fraction of sp³-hybridized carbons (Fsp3) is 0.200. The Morgan fingerprint density at radius 3 is 2.74 bits per heavy atom. The van der Waals surface area contributed by atoms with Gasteiger partial charge in [-0.3, -0.25) is 4.99 Å². The number of hydrogen-bond acceptors (Lipinski definition) is 3. The second-order valence-electron chi connectivity index (χ2n) is 4.26. The second-order valence-corrected chi connectivity index (χ2v) is 4.26. The maximum absolute atomic E-state index is 11.4. The summed E-state index contributed by atoms with van der Waals surface area (Å²) in [6, 6.07) is 11.1. The van der Waals surface area contributed by atoms with Crippen LogP contribution in [0.1, 0.15) is 21.7 Å². The van der Waals surface area contributed by atoms with Crippen LogP contribution < -0.4 is 0 Å². The zero-order valence-electron chi connectivity index (χ0n) is 11.3. The average molecular weight is 256 g/mol.